The van der Waals surface area contributed by atoms with Gasteiger partial charge in [0.2, 0.25) is 0 Å². The van der Waals surface area contributed by atoms with Crippen LogP contribution in [0.2, 0.25) is 6.04 Å². The fourth-order valence-corrected chi connectivity index (χ4v) is 46.5. The number of aliphatic hydroxyl groups excluding tert-OH is 1. The molecule has 0 amide bonds. The van der Waals surface area contributed by atoms with Crippen LogP contribution in [0.25, 0.3) is 0 Å². The molecular formula is C4H16O2Si4. The Morgan fingerprint density at radius 1 is 1.60 bits per heavy atom. The van der Waals surface area contributed by atoms with Gasteiger partial charge in [-0.2, -0.15) is 0 Å². The van der Waals surface area contributed by atoms with Crippen LogP contribution >= 0.6 is 0 Å². The van der Waals surface area contributed by atoms with Crippen LogP contribution in [0.5, 0.6) is 0 Å². The predicted molar refractivity (Wildman–Crippen MR) is 55.2 cm³/mol. The summed E-state index contributed by atoms with van der Waals surface area (Å²) in [6, 6.07) is 1.39. The van der Waals surface area contributed by atoms with Gasteiger partial charge in [0, 0.05) is 29.9 Å². The minimum Gasteiger partial charge on any atom is -0.432 e. The number of hydrogen-bond donors (Lipinski definition) is 1. The molecule has 0 aromatic heterocycles. The van der Waals surface area contributed by atoms with Crippen molar-refractivity contribution in [3.05, 3.63) is 0 Å². The van der Waals surface area contributed by atoms with Crippen molar-refractivity contribution < 1.29 is 9.53 Å². The van der Waals surface area contributed by atoms with Crippen molar-refractivity contribution in [2.24, 2.45) is 0 Å². The summed E-state index contributed by atoms with van der Waals surface area (Å²) in [5.74, 6) is 0. The Hall–Kier alpha value is 0.788. The zero-order valence-electron chi connectivity index (χ0n) is 6.38. The summed E-state index contributed by atoms with van der Waals surface area (Å²) in [5.41, 5.74) is 0. The van der Waals surface area contributed by atoms with E-state index in [1.807, 2.05) is 0 Å². The van der Waals surface area contributed by atoms with Crippen LogP contribution in [-0.4, -0.2) is 52.6 Å². The molecule has 1 N–H and O–H groups in total. The smallest absolute Gasteiger partial charge is 0.139 e. The van der Waals surface area contributed by atoms with Crippen molar-refractivity contribution in [3.63, 3.8) is 0 Å². The molecule has 6 heteroatoms. The van der Waals surface area contributed by atoms with Crippen molar-refractivity contribution in [2.45, 2.75) is 12.5 Å². The van der Waals surface area contributed by atoms with Crippen LogP contribution in [0.4, 0.5) is 0 Å². The van der Waals surface area contributed by atoms with Crippen LogP contribution in [-0.2, 0) is 4.43 Å². The van der Waals surface area contributed by atoms with Gasteiger partial charge in [0.25, 0.3) is 0 Å². The molecule has 1 heterocycles. The molecule has 1 unspecified atom stereocenters. The lowest BCUT2D eigenvalue weighted by atomic mass is 10.5. The Morgan fingerprint density at radius 2 is 2.50 bits per heavy atom. The third-order valence-corrected chi connectivity index (χ3v) is 38.4. The lowest BCUT2D eigenvalue weighted by Gasteiger charge is -2.19. The molecular weight excluding hydrogens is 192 g/mol. The van der Waals surface area contributed by atoms with E-state index in [1.165, 1.54) is 12.3 Å². The first-order valence-electron chi connectivity index (χ1n) is 4.12. The van der Waals surface area contributed by atoms with Crippen LogP contribution < -0.4 is 0 Å². The third-order valence-electron chi connectivity index (χ3n) is 2.03. The van der Waals surface area contributed by atoms with Gasteiger partial charge in [-0.15, -0.1) is 0 Å². The highest BCUT2D eigenvalue weighted by Gasteiger charge is 2.15. The topological polar surface area (TPSA) is 29.5 Å². The average molecular weight is 209 g/mol. The number of rotatable bonds is 3. The molecule has 1 saturated heterocycles. The van der Waals surface area contributed by atoms with Gasteiger partial charge in [0.1, 0.15) is 9.28 Å². The zero-order valence-corrected chi connectivity index (χ0v) is 11.8. The highest BCUT2D eigenvalue weighted by molar-refractivity contribution is 7.48. The molecule has 0 bridgehead atoms. The normalized spacial score (nSPS) is 33.9. The van der Waals surface area contributed by atoms with Crippen LogP contribution in [0, 0.1) is 0 Å². The maximum absolute atomic E-state index is 8.61. The molecule has 0 aromatic carbocycles. The lowest BCUT2D eigenvalue weighted by Crippen LogP contribution is -2.42. The van der Waals surface area contributed by atoms with E-state index < -0.39 is 0 Å². The van der Waals surface area contributed by atoms with Gasteiger partial charge in [-0.3, -0.25) is 0 Å². The molecule has 1 aliphatic rings. The van der Waals surface area contributed by atoms with Crippen LogP contribution in [0.1, 0.15) is 6.42 Å². The molecule has 1 fully saturated rings. The van der Waals surface area contributed by atoms with E-state index in [0.29, 0.717) is 23.7 Å². The summed E-state index contributed by atoms with van der Waals surface area (Å²) in [7, 11) is 0.810. The van der Waals surface area contributed by atoms with Crippen molar-refractivity contribution in [1.29, 1.82) is 0 Å². The molecule has 0 aliphatic carbocycles. The standard InChI is InChI=1S/C4H16O2Si4/c5-2-1-3-10-4-6-7-8-9-10/h5,10H,1-4,7-9H2. The van der Waals surface area contributed by atoms with Crippen molar-refractivity contribution in [2.75, 3.05) is 12.8 Å². The Bertz CT molecular complexity index is 85.3. The molecule has 0 spiro atoms. The Morgan fingerprint density at radius 3 is 3.10 bits per heavy atom. The molecule has 60 valence electrons. The van der Waals surface area contributed by atoms with Crippen LogP contribution in [0.15, 0.2) is 0 Å². The van der Waals surface area contributed by atoms with Gasteiger partial charge >= 0.3 is 0 Å². The van der Waals surface area contributed by atoms with Gasteiger partial charge in [-0.05, 0) is 6.42 Å². The van der Waals surface area contributed by atoms with Gasteiger partial charge in [0.05, 0.1) is 8.31 Å². The first-order valence-corrected chi connectivity index (χ1v) is 17.6. The SMILES string of the molecule is OCCC[SiH]1CO[SiH2][SiH2][SiH2]1. The van der Waals surface area contributed by atoms with Crippen molar-refractivity contribution >= 4 is 34.7 Å². The molecule has 1 aliphatic heterocycles. The van der Waals surface area contributed by atoms with E-state index in [-0.39, 0.29) is 17.6 Å². The van der Waals surface area contributed by atoms with Gasteiger partial charge in [0.15, 0.2) is 0 Å². The molecule has 2 nitrogen and oxygen atoms in total. The fraction of sp³-hybridized carbons (Fsp3) is 1.00. The highest BCUT2D eigenvalue weighted by Crippen LogP contribution is 1.98. The summed E-state index contributed by atoms with van der Waals surface area (Å²) in [4.78, 5) is 0. The number of hydrogen-bond acceptors (Lipinski definition) is 2. The minimum absolute atomic E-state index is 0.126. The zero-order chi connectivity index (χ0) is 7.23. The quantitative estimate of drug-likeness (QED) is 0.499. The second kappa shape index (κ2) is 5.44. The van der Waals surface area contributed by atoms with Gasteiger partial charge in [-0.1, -0.05) is 6.04 Å². The second-order valence-corrected chi connectivity index (χ2v) is 27.8. The maximum atomic E-state index is 8.61. The van der Waals surface area contributed by atoms with E-state index in [4.69, 9.17) is 9.53 Å². The lowest BCUT2D eigenvalue weighted by molar-refractivity contribution is 0.294. The Kier molecular flexibility index (Phi) is 4.83. The third kappa shape index (κ3) is 3.26. The maximum Gasteiger partial charge on any atom is 0.139 e. The summed E-state index contributed by atoms with van der Waals surface area (Å²) >= 11 is 0. The van der Waals surface area contributed by atoms with E-state index in [1.54, 1.807) is 0 Å². The Labute approximate surface area is 69.9 Å². The Balaban J connectivity index is 2.02. The van der Waals surface area contributed by atoms with E-state index in [9.17, 15) is 0 Å². The van der Waals surface area contributed by atoms with Crippen molar-refractivity contribution in [3.8, 4) is 0 Å². The minimum atomic E-state index is -0.291. The average Bonchev–Trinajstić information content (AvgIpc) is 2.03. The molecule has 0 radical (unpaired) electrons. The van der Waals surface area contributed by atoms with E-state index >= 15 is 0 Å². The predicted octanol–water partition coefficient (Wildman–Crippen LogP) is -3.09. The summed E-state index contributed by atoms with van der Waals surface area (Å²) < 4.78 is 5.59. The summed E-state index contributed by atoms with van der Waals surface area (Å²) in [5, 5.41) is 8.61. The molecule has 0 aromatic rings. The highest BCUT2D eigenvalue weighted by atomic mass is 29.7. The second-order valence-electron chi connectivity index (χ2n) is 2.95. The summed E-state index contributed by atoms with van der Waals surface area (Å²) in [6.45, 7) is 0.414. The molecule has 10 heavy (non-hydrogen) atoms. The molecule has 0 saturated carbocycles. The first kappa shape index (κ1) is 8.88. The van der Waals surface area contributed by atoms with Crippen LogP contribution in [0.3, 0.4) is 0 Å². The van der Waals surface area contributed by atoms with Gasteiger partial charge < -0.3 is 9.53 Å². The monoisotopic (exact) mass is 208 g/mol. The largest absolute Gasteiger partial charge is 0.432 e. The van der Waals surface area contributed by atoms with E-state index in [0.717, 1.165) is 6.42 Å². The summed E-state index contributed by atoms with van der Waals surface area (Å²) in [6.07, 6.45) is 2.29. The molecule has 1 atom stereocenters. The molecule has 1 rings (SSSR count). The van der Waals surface area contributed by atoms with E-state index in [2.05, 4.69) is 0 Å². The fourth-order valence-electron chi connectivity index (χ4n) is 1.42. The van der Waals surface area contributed by atoms with Crippen molar-refractivity contribution in [1.82, 2.24) is 0 Å². The first-order chi connectivity index (χ1) is 4.93. The van der Waals surface area contributed by atoms with Gasteiger partial charge in [-0.25, -0.2) is 0 Å². The number of aliphatic hydroxyl groups is 1.